The SMILES string of the molecule is CCCCCC/C=C\CCCCCCCC(=O)NC(COP(=O)([O-])OCC[N+](C)(C)C)C(O)/C=C/CCCCCCCCCCCC. The summed E-state index contributed by atoms with van der Waals surface area (Å²) in [5.74, 6) is -0.210. The number of hydrogen-bond donors (Lipinski definition) is 2. The third kappa shape index (κ3) is 33.3. The normalized spacial score (nSPS) is 15.0. The first kappa shape index (κ1) is 46.0. The van der Waals surface area contributed by atoms with Crippen LogP contribution in [0.15, 0.2) is 24.3 Å². The molecule has 0 aliphatic heterocycles. The van der Waals surface area contributed by atoms with Gasteiger partial charge in [0.1, 0.15) is 13.2 Å². The van der Waals surface area contributed by atoms with E-state index in [1.165, 1.54) is 89.9 Å². The van der Waals surface area contributed by atoms with Crippen LogP contribution >= 0.6 is 7.82 Å². The number of carbonyl (C=O) groups excluding carboxylic acids is 1. The van der Waals surface area contributed by atoms with Crippen LogP contribution in [0.1, 0.15) is 162 Å². The molecule has 0 saturated heterocycles. The van der Waals surface area contributed by atoms with E-state index in [4.69, 9.17) is 9.05 Å². The van der Waals surface area contributed by atoms with Gasteiger partial charge in [0, 0.05) is 6.42 Å². The fourth-order valence-electron chi connectivity index (χ4n) is 5.26. The fourth-order valence-corrected chi connectivity index (χ4v) is 5.99. The topological polar surface area (TPSA) is 108 Å². The Bertz CT molecular complexity index is 829. The molecular formula is C38H75N2O6P. The minimum Gasteiger partial charge on any atom is -0.756 e. The Balaban J connectivity index is 4.56. The number of carbonyl (C=O) groups is 1. The van der Waals surface area contributed by atoms with Crippen molar-refractivity contribution in [3.05, 3.63) is 24.3 Å². The van der Waals surface area contributed by atoms with E-state index in [-0.39, 0.29) is 19.1 Å². The zero-order valence-corrected chi connectivity index (χ0v) is 32.1. The number of nitrogens with one attached hydrogen (secondary N) is 1. The van der Waals surface area contributed by atoms with Gasteiger partial charge < -0.3 is 28.8 Å². The van der Waals surface area contributed by atoms with Crippen molar-refractivity contribution in [2.24, 2.45) is 0 Å². The Morgan fingerprint density at radius 2 is 1.17 bits per heavy atom. The van der Waals surface area contributed by atoms with Gasteiger partial charge in [0.25, 0.3) is 7.82 Å². The Morgan fingerprint density at radius 1 is 0.723 bits per heavy atom. The molecule has 0 heterocycles. The van der Waals surface area contributed by atoms with Crippen molar-refractivity contribution in [3.63, 3.8) is 0 Å². The zero-order chi connectivity index (χ0) is 35.1. The van der Waals surface area contributed by atoms with Gasteiger partial charge in [-0.15, -0.1) is 0 Å². The van der Waals surface area contributed by atoms with E-state index in [1.54, 1.807) is 6.08 Å². The van der Waals surface area contributed by atoms with Crippen molar-refractivity contribution in [1.29, 1.82) is 0 Å². The number of unbranched alkanes of at least 4 members (excludes halogenated alkanes) is 19. The maximum atomic E-state index is 12.7. The van der Waals surface area contributed by atoms with Crippen molar-refractivity contribution in [2.75, 3.05) is 40.9 Å². The van der Waals surface area contributed by atoms with Crippen molar-refractivity contribution in [2.45, 2.75) is 174 Å². The molecule has 0 aromatic rings. The summed E-state index contributed by atoms with van der Waals surface area (Å²) in [6.07, 6.45) is 33.5. The lowest BCUT2D eigenvalue weighted by atomic mass is 10.1. The van der Waals surface area contributed by atoms with Crippen molar-refractivity contribution >= 4 is 13.7 Å². The number of quaternary nitrogens is 1. The number of phosphoric ester groups is 1. The standard InChI is InChI=1S/C38H75N2O6P/c1-6-8-10-12-14-16-18-20-22-24-26-28-30-32-38(42)39-36(35-46-47(43,44)45-34-33-40(3,4)5)37(41)31-29-27-25-23-21-19-17-15-13-11-9-7-2/h16,18,29,31,36-37,41H,6-15,17,19-28,30,32-35H2,1-5H3,(H-,39,42,43,44)/b18-16-,31-29+. The maximum absolute atomic E-state index is 12.7. The van der Waals surface area contributed by atoms with Crippen LogP contribution in [0.2, 0.25) is 0 Å². The van der Waals surface area contributed by atoms with Crippen LogP contribution in [0, 0.1) is 0 Å². The molecule has 0 aliphatic rings. The summed E-state index contributed by atoms with van der Waals surface area (Å²) in [6, 6.07) is -0.885. The first-order chi connectivity index (χ1) is 22.5. The number of hydrogen-bond acceptors (Lipinski definition) is 6. The van der Waals surface area contributed by atoms with Crippen LogP contribution in [-0.4, -0.2) is 68.5 Å². The molecule has 0 saturated carbocycles. The molecule has 0 rings (SSSR count). The third-order valence-corrected chi connectivity index (χ3v) is 9.37. The molecule has 47 heavy (non-hydrogen) atoms. The number of aliphatic hydroxyl groups is 1. The second-order valence-electron chi connectivity index (χ2n) is 14.3. The summed E-state index contributed by atoms with van der Waals surface area (Å²) in [4.78, 5) is 25.1. The highest BCUT2D eigenvalue weighted by Gasteiger charge is 2.23. The molecule has 3 unspecified atom stereocenters. The van der Waals surface area contributed by atoms with Crippen molar-refractivity contribution in [1.82, 2.24) is 5.32 Å². The van der Waals surface area contributed by atoms with E-state index >= 15 is 0 Å². The van der Waals surface area contributed by atoms with Gasteiger partial charge in [0.05, 0.1) is 39.9 Å². The molecule has 1 amide bonds. The van der Waals surface area contributed by atoms with E-state index in [2.05, 4.69) is 31.3 Å². The van der Waals surface area contributed by atoms with Crippen molar-refractivity contribution in [3.8, 4) is 0 Å². The Labute approximate surface area is 290 Å². The van der Waals surface area contributed by atoms with Gasteiger partial charge in [-0.05, 0) is 44.9 Å². The van der Waals surface area contributed by atoms with E-state index in [0.717, 1.165) is 51.4 Å². The van der Waals surface area contributed by atoms with Gasteiger partial charge in [-0.25, -0.2) is 0 Å². The Kier molecular flexibility index (Phi) is 30.3. The molecular weight excluding hydrogens is 611 g/mol. The maximum Gasteiger partial charge on any atom is 0.268 e. The summed E-state index contributed by atoms with van der Waals surface area (Å²) in [7, 11) is 1.25. The minimum absolute atomic E-state index is 0.00203. The number of nitrogens with zero attached hydrogens (tertiary/aromatic N) is 1. The number of allylic oxidation sites excluding steroid dienone is 3. The first-order valence-electron chi connectivity index (χ1n) is 19.2. The number of aliphatic hydroxyl groups excluding tert-OH is 1. The summed E-state index contributed by atoms with van der Waals surface area (Å²) in [5.41, 5.74) is 0. The van der Waals surface area contributed by atoms with Gasteiger partial charge in [-0.3, -0.25) is 9.36 Å². The molecule has 0 aromatic carbocycles. The van der Waals surface area contributed by atoms with E-state index in [0.29, 0.717) is 17.4 Å². The lowest BCUT2D eigenvalue weighted by molar-refractivity contribution is -0.870. The number of amides is 1. The molecule has 0 fully saturated rings. The number of rotatable bonds is 34. The molecule has 3 atom stereocenters. The summed E-state index contributed by atoms with van der Waals surface area (Å²) in [6.45, 7) is 4.59. The minimum atomic E-state index is -4.58. The molecule has 8 nitrogen and oxygen atoms in total. The predicted octanol–water partition coefficient (Wildman–Crippen LogP) is 9.16. The second-order valence-corrected chi connectivity index (χ2v) is 15.7. The molecule has 0 aliphatic carbocycles. The van der Waals surface area contributed by atoms with Crippen LogP contribution in [0.5, 0.6) is 0 Å². The Hall–Kier alpha value is -1.02. The second kappa shape index (κ2) is 31.0. The average molecular weight is 687 g/mol. The smallest absolute Gasteiger partial charge is 0.268 e. The average Bonchev–Trinajstić information content (AvgIpc) is 3.01. The number of phosphoric acid groups is 1. The monoisotopic (exact) mass is 687 g/mol. The molecule has 0 aromatic heterocycles. The van der Waals surface area contributed by atoms with Crippen LogP contribution in [0.3, 0.4) is 0 Å². The van der Waals surface area contributed by atoms with Crippen molar-refractivity contribution < 1.29 is 32.9 Å². The largest absolute Gasteiger partial charge is 0.756 e. The molecule has 2 N–H and O–H groups in total. The molecule has 278 valence electrons. The summed E-state index contributed by atoms with van der Waals surface area (Å²) >= 11 is 0. The summed E-state index contributed by atoms with van der Waals surface area (Å²) < 4.78 is 23.1. The van der Waals surface area contributed by atoms with E-state index < -0.39 is 20.0 Å². The lowest BCUT2D eigenvalue weighted by Crippen LogP contribution is -2.45. The highest BCUT2D eigenvalue weighted by Crippen LogP contribution is 2.38. The zero-order valence-electron chi connectivity index (χ0n) is 31.2. The molecule has 0 radical (unpaired) electrons. The third-order valence-electron chi connectivity index (χ3n) is 8.41. The molecule has 0 bridgehead atoms. The van der Waals surface area contributed by atoms with Gasteiger partial charge in [-0.2, -0.15) is 0 Å². The molecule has 0 spiro atoms. The number of likely N-dealkylation sites (N-methyl/N-ethyl adjacent to an activating group) is 1. The predicted molar refractivity (Wildman–Crippen MR) is 196 cm³/mol. The quantitative estimate of drug-likeness (QED) is 0.0303. The Morgan fingerprint density at radius 3 is 1.68 bits per heavy atom. The van der Waals surface area contributed by atoms with Gasteiger partial charge >= 0.3 is 0 Å². The fraction of sp³-hybridized carbons (Fsp3) is 0.868. The van der Waals surface area contributed by atoms with Gasteiger partial charge in [-0.1, -0.05) is 134 Å². The van der Waals surface area contributed by atoms with Crippen LogP contribution in [0.4, 0.5) is 0 Å². The van der Waals surface area contributed by atoms with Crippen LogP contribution in [0.25, 0.3) is 0 Å². The summed E-state index contributed by atoms with van der Waals surface area (Å²) in [5, 5.41) is 13.7. The first-order valence-corrected chi connectivity index (χ1v) is 20.7. The lowest BCUT2D eigenvalue weighted by Gasteiger charge is -2.29. The highest BCUT2D eigenvalue weighted by molar-refractivity contribution is 7.45. The van der Waals surface area contributed by atoms with E-state index in [9.17, 15) is 19.4 Å². The van der Waals surface area contributed by atoms with Gasteiger partial charge in [0.2, 0.25) is 5.91 Å². The highest BCUT2D eigenvalue weighted by atomic mass is 31.2. The van der Waals surface area contributed by atoms with E-state index in [1.807, 2.05) is 27.2 Å². The van der Waals surface area contributed by atoms with Crippen LogP contribution < -0.4 is 10.2 Å². The van der Waals surface area contributed by atoms with Crippen LogP contribution in [-0.2, 0) is 18.4 Å². The van der Waals surface area contributed by atoms with Gasteiger partial charge in [0.15, 0.2) is 0 Å². The molecule has 9 heteroatoms.